The van der Waals surface area contributed by atoms with Gasteiger partial charge in [0.1, 0.15) is 11.6 Å². The summed E-state index contributed by atoms with van der Waals surface area (Å²) in [7, 11) is 3.54. The van der Waals surface area contributed by atoms with Gasteiger partial charge in [0.05, 0.1) is 12.9 Å². The highest BCUT2D eigenvalue weighted by atomic mass is 32.2. The minimum atomic E-state index is -0.0754. The first-order valence-electron chi connectivity index (χ1n) is 7.44. The number of hydrogen-bond donors (Lipinski definition) is 1. The Morgan fingerprint density at radius 1 is 1.30 bits per heavy atom. The molecule has 2 rings (SSSR count). The Morgan fingerprint density at radius 2 is 2.00 bits per heavy atom. The molecule has 0 aliphatic carbocycles. The molecule has 7 heteroatoms. The van der Waals surface area contributed by atoms with E-state index in [0.29, 0.717) is 11.7 Å². The molecule has 1 aromatic carbocycles. The second kappa shape index (κ2) is 8.01. The highest BCUT2D eigenvalue weighted by molar-refractivity contribution is 7.99. The molecule has 124 valence electrons. The van der Waals surface area contributed by atoms with Crippen LogP contribution in [0.1, 0.15) is 19.7 Å². The van der Waals surface area contributed by atoms with E-state index >= 15 is 0 Å². The first-order chi connectivity index (χ1) is 11.0. The molecule has 0 radical (unpaired) electrons. The van der Waals surface area contributed by atoms with Crippen LogP contribution in [-0.4, -0.2) is 33.5 Å². The zero-order valence-electron chi connectivity index (χ0n) is 13.9. The summed E-state index contributed by atoms with van der Waals surface area (Å²) in [6.07, 6.45) is 0.877. The van der Waals surface area contributed by atoms with E-state index in [1.807, 2.05) is 35.9 Å². The van der Waals surface area contributed by atoms with Gasteiger partial charge in [0.15, 0.2) is 5.16 Å². The van der Waals surface area contributed by atoms with Gasteiger partial charge in [-0.3, -0.25) is 4.79 Å². The zero-order valence-corrected chi connectivity index (χ0v) is 14.7. The Morgan fingerprint density at radius 3 is 2.61 bits per heavy atom. The van der Waals surface area contributed by atoms with Crippen molar-refractivity contribution in [2.75, 3.05) is 18.2 Å². The van der Waals surface area contributed by atoms with Crippen LogP contribution in [0.3, 0.4) is 0 Å². The molecule has 1 heterocycles. The van der Waals surface area contributed by atoms with Crippen molar-refractivity contribution in [3.8, 4) is 5.75 Å². The van der Waals surface area contributed by atoms with Gasteiger partial charge in [-0.05, 0) is 30.2 Å². The normalized spacial score (nSPS) is 10.8. The highest BCUT2D eigenvalue weighted by Gasteiger charge is 2.12. The van der Waals surface area contributed by atoms with Crippen LogP contribution in [0.4, 0.5) is 5.69 Å². The Bertz CT molecular complexity index is 653. The second-order valence-corrected chi connectivity index (χ2v) is 6.56. The van der Waals surface area contributed by atoms with Crippen LogP contribution in [0.25, 0.3) is 0 Å². The third-order valence-electron chi connectivity index (χ3n) is 3.22. The van der Waals surface area contributed by atoms with E-state index in [9.17, 15) is 4.79 Å². The summed E-state index contributed by atoms with van der Waals surface area (Å²) in [5, 5.41) is 11.9. The summed E-state index contributed by atoms with van der Waals surface area (Å²) in [5.41, 5.74) is 0.745. The average Bonchev–Trinajstić information content (AvgIpc) is 2.86. The van der Waals surface area contributed by atoms with Crippen LogP contribution in [0.5, 0.6) is 5.75 Å². The monoisotopic (exact) mass is 334 g/mol. The van der Waals surface area contributed by atoms with E-state index in [0.717, 1.165) is 28.8 Å². The van der Waals surface area contributed by atoms with E-state index in [2.05, 4.69) is 29.4 Å². The predicted molar refractivity (Wildman–Crippen MR) is 91.9 cm³/mol. The predicted octanol–water partition coefficient (Wildman–Crippen LogP) is 2.75. The SMILES string of the molecule is COc1ccc(NC(=O)CSc2nnc(CC(C)C)n2C)cc1. The van der Waals surface area contributed by atoms with Crippen LogP contribution in [0.2, 0.25) is 0 Å². The molecular weight excluding hydrogens is 312 g/mol. The van der Waals surface area contributed by atoms with Crippen LogP contribution >= 0.6 is 11.8 Å². The van der Waals surface area contributed by atoms with Crippen molar-refractivity contribution >= 4 is 23.4 Å². The standard InChI is InChI=1S/C16H22N4O2S/c1-11(2)9-14-18-19-16(20(14)3)23-10-15(21)17-12-5-7-13(22-4)8-6-12/h5-8,11H,9-10H2,1-4H3,(H,17,21). The molecule has 1 amide bonds. The van der Waals surface area contributed by atoms with Crippen molar-refractivity contribution in [2.24, 2.45) is 13.0 Å². The maximum atomic E-state index is 12.0. The lowest BCUT2D eigenvalue weighted by Gasteiger charge is -2.07. The van der Waals surface area contributed by atoms with Gasteiger partial charge in [0, 0.05) is 19.2 Å². The quantitative estimate of drug-likeness (QED) is 0.789. The molecule has 0 aliphatic rings. The van der Waals surface area contributed by atoms with Crippen molar-refractivity contribution in [1.29, 1.82) is 0 Å². The number of benzene rings is 1. The van der Waals surface area contributed by atoms with E-state index < -0.39 is 0 Å². The summed E-state index contributed by atoms with van der Waals surface area (Å²) in [6, 6.07) is 7.24. The third kappa shape index (κ3) is 4.99. The van der Waals surface area contributed by atoms with Crippen molar-refractivity contribution in [1.82, 2.24) is 14.8 Å². The third-order valence-corrected chi connectivity index (χ3v) is 4.24. The van der Waals surface area contributed by atoms with Crippen LogP contribution in [0.15, 0.2) is 29.4 Å². The number of hydrogen-bond acceptors (Lipinski definition) is 5. The summed E-state index contributed by atoms with van der Waals surface area (Å²) >= 11 is 1.38. The number of carbonyl (C=O) groups is 1. The lowest BCUT2D eigenvalue weighted by Crippen LogP contribution is -2.14. The lowest BCUT2D eigenvalue weighted by atomic mass is 10.1. The Hall–Kier alpha value is -2.02. The van der Waals surface area contributed by atoms with Gasteiger partial charge in [0.25, 0.3) is 0 Å². The molecule has 0 aliphatic heterocycles. The van der Waals surface area contributed by atoms with Crippen LogP contribution in [0, 0.1) is 5.92 Å². The first-order valence-corrected chi connectivity index (χ1v) is 8.43. The number of amides is 1. The summed E-state index contributed by atoms with van der Waals surface area (Å²) < 4.78 is 7.04. The molecule has 0 unspecified atom stereocenters. The zero-order chi connectivity index (χ0) is 16.8. The molecule has 2 aromatic rings. The molecule has 6 nitrogen and oxygen atoms in total. The van der Waals surface area contributed by atoms with Crippen molar-refractivity contribution < 1.29 is 9.53 Å². The minimum absolute atomic E-state index is 0.0754. The number of rotatable bonds is 7. The van der Waals surface area contributed by atoms with Gasteiger partial charge in [-0.1, -0.05) is 25.6 Å². The van der Waals surface area contributed by atoms with Gasteiger partial charge >= 0.3 is 0 Å². The second-order valence-electron chi connectivity index (χ2n) is 5.62. The van der Waals surface area contributed by atoms with E-state index in [4.69, 9.17) is 4.74 Å². The maximum Gasteiger partial charge on any atom is 0.234 e. The number of methoxy groups -OCH3 is 1. The van der Waals surface area contributed by atoms with Gasteiger partial charge < -0.3 is 14.6 Å². The van der Waals surface area contributed by atoms with E-state index in [-0.39, 0.29) is 5.91 Å². The van der Waals surface area contributed by atoms with E-state index in [1.54, 1.807) is 7.11 Å². The maximum absolute atomic E-state index is 12.0. The summed E-state index contributed by atoms with van der Waals surface area (Å²) in [5.74, 6) is 2.44. The first kappa shape index (κ1) is 17.3. The van der Waals surface area contributed by atoms with Crippen molar-refractivity contribution in [3.05, 3.63) is 30.1 Å². The number of nitrogens with one attached hydrogen (secondary N) is 1. The fraction of sp³-hybridized carbons (Fsp3) is 0.438. The molecule has 0 fully saturated rings. The van der Waals surface area contributed by atoms with Crippen molar-refractivity contribution in [3.63, 3.8) is 0 Å². The average molecular weight is 334 g/mol. The van der Waals surface area contributed by atoms with Crippen LogP contribution in [-0.2, 0) is 18.3 Å². The Kier molecular flexibility index (Phi) is 6.04. The molecule has 0 spiro atoms. The van der Waals surface area contributed by atoms with Crippen LogP contribution < -0.4 is 10.1 Å². The van der Waals surface area contributed by atoms with Gasteiger partial charge in [-0.2, -0.15) is 0 Å². The molecule has 1 N–H and O–H groups in total. The van der Waals surface area contributed by atoms with Gasteiger partial charge in [0.2, 0.25) is 5.91 Å². The number of nitrogens with zero attached hydrogens (tertiary/aromatic N) is 3. The molecule has 23 heavy (non-hydrogen) atoms. The number of aromatic nitrogens is 3. The van der Waals surface area contributed by atoms with Gasteiger partial charge in [-0.25, -0.2) is 0 Å². The van der Waals surface area contributed by atoms with E-state index in [1.165, 1.54) is 11.8 Å². The molecule has 0 bridgehead atoms. The molecule has 0 saturated heterocycles. The fourth-order valence-corrected chi connectivity index (χ4v) is 2.75. The Labute approximate surface area is 140 Å². The highest BCUT2D eigenvalue weighted by Crippen LogP contribution is 2.19. The fourth-order valence-electron chi connectivity index (χ4n) is 2.02. The number of ether oxygens (including phenoxy) is 1. The molecule has 0 saturated carbocycles. The molecular formula is C16H22N4O2S. The van der Waals surface area contributed by atoms with Gasteiger partial charge in [-0.15, -0.1) is 10.2 Å². The smallest absolute Gasteiger partial charge is 0.234 e. The van der Waals surface area contributed by atoms with Crippen molar-refractivity contribution in [2.45, 2.75) is 25.4 Å². The largest absolute Gasteiger partial charge is 0.497 e. The Balaban J connectivity index is 1.87. The summed E-state index contributed by atoms with van der Waals surface area (Å²) in [4.78, 5) is 12.0. The lowest BCUT2D eigenvalue weighted by molar-refractivity contribution is -0.113. The molecule has 0 atom stereocenters. The number of anilines is 1. The summed E-state index contributed by atoms with van der Waals surface area (Å²) in [6.45, 7) is 4.29. The molecule has 1 aromatic heterocycles. The number of thioether (sulfide) groups is 1. The topological polar surface area (TPSA) is 69.0 Å². The minimum Gasteiger partial charge on any atom is -0.497 e. The number of carbonyl (C=O) groups excluding carboxylic acids is 1.